The van der Waals surface area contributed by atoms with Crippen molar-refractivity contribution >= 4 is 11.9 Å². The Morgan fingerprint density at radius 1 is 1.00 bits per heavy atom. The maximum absolute atomic E-state index is 12.0. The summed E-state index contributed by atoms with van der Waals surface area (Å²) in [5.74, 6) is -0.517. The van der Waals surface area contributed by atoms with Crippen molar-refractivity contribution < 1.29 is 14.3 Å². The molecule has 0 heterocycles. The fraction of sp³-hybridized carbons (Fsp3) is 0.222. The lowest BCUT2D eigenvalue weighted by atomic mass is 10.0. The summed E-state index contributed by atoms with van der Waals surface area (Å²) in [5, 5.41) is 2.79. The Balaban J connectivity index is 1.95. The van der Waals surface area contributed by atoms with Crippen LogP contribution in [-0.2, 0) is 20.9 Å². The number of rotatable bonds is 6. The van der Waals surface area contributed by atoms with Gasteiger partial charge in [-0.1, -0.05) is 60.7 Å². The third-order valence-electron chi connectivity index (χ3n) is 3.19. The molecule has 0 saturated heterocycles. The summed E-state index contributed by atoms with van der Waals surface area (Å²) in [6.07, 6.45) is 0.108. The second kappa shape index (κ2) is 7.98. The average molecular weight is 297 g/mol. The summed E-state index contributed by atoms with van der Waals surface area (Å²) in [7, 11) is 0. The third-order valence-corrected chi connectivity index (χ3v) is 3.19. The minimum atomic E-state index is -0.373. The van der Waals surface area contributed by atoms with E-state index in [1.54, 1.807) is 0 Å². The first-order valence-corrected chi connectivity index (χ1v) is 7.17. The van der Waals surface area contributed by atoms with Crippen LogP contribution in [0.3, 0.4) is 0 Å². The number of nitrogens with one attached hydrogen (secondary N) is 1. The van der Waals surface area contributed by atoms with Gasteiger partial charge in [-0.05, 0) is 11.1 Å². The van der Waals surface area contributed by atoms with Crippen molar-refractivity contribution in [2.45, 2.75) is 26.0 Å². The summed E-state index contributed by atoms with van der Waals surface area (Å²) in [4.78, 5) is 23.3. The largest absolute Gasteiger partial charge is 0.461 e. The molecular formula is C18H19NO3. The quantitative estimate of drug-likeness (QED) is 0.834. The highest BCUT2D eigenvalue weighted by Crippen LogP contribution is 2.17. The number of carbonyl (C=O) groups excluding carboxylic acids is 2. The minimum Gasteiger partial charge on any atom is -0.461 e. The summed E-state index contributed by atoms with van der Waals surface area (Å²) >= 11 is 0. The smallest absolute Gasteiger partial charge is 0.308 e. The number of hydrogen-bond acceptors (Lipinski definition) is 3. The monoisotopic (exact) mass is 297 g/mol. The summed E-state index contributed by atoms with van der Waals surface area (Å²) in [6.45, 7) is 1.67. The van der Waals surface area contributed by atoms with Gasteiger partial charge < -0.3 is 10.1 Å². The Bertz CT molecular complexity index is 611. The molecule has 0 radical (unpaired) electrons. The zero-order chi connectivity index (χ0) is 15.8. The Kier molecular flexibility index (Phi) is 5.72. The Hall–Kier alpha value is -2.62. The van der Waals surface area contributed by atoms with Crippen molar-refractivity contribution in [3.8, 4) is 0 Å². The van der Waals surface area contributed by atoms with Crippen LogP contribution in [0.2, 0.25) is 0 Å². The molecule has 1 N–H and O–H groups in total. The molecular weight excluding hydrogens is 278 g/mol. The second-order valence-electron chi connectivity index (χ2n) is 5.01. The van der Waals surface area contributed by atoms with E-state index in [4.69, 9.17) is 4.74 Å². The van der Waals surface area contributed by atoms with E-state index in [0.29, 0.717) is 0 Å². The van der Waals surface area contributed by atoms with E-state index >= 15 is 0 Å². The molecule has 2 aromatic rings. The van der Waals surface area contributed by atoms with Crippen molar-refractivity contribution in [1.29, 1.82) is 0 Å². The zero-order valence-electron chi connectivity index (χ0n) is 12.5. The molecule has 0 aliphatic carbocycles. The van der Waals surface area contributed by atoms with E-state index in [-0.39, 0.29) is 30.9 Å². The van der Waals surface area contributed by atoms with Crippen LogP contribution >= 0.6 is 0 Å². The number of amides is 1. The fourth-order valence-electron chi connectivity index (χ4n) is 2.15. The van der Waals surface area contributed by atoms with Crippen LogP contribution in [-0.4, -0.2) is 11.9 Å². The molecule has 4 nitrogen and oxygen atoms in total. The molecule has 2 rings (SSSR count). The first-order chi connectivity index (χ1) is 10.6. The molecule has 0 saturated carbocycles. The summed E-state index contributed by atoms with van der Waals surface area (Å²) in [6, 6.07) is 18.5. The van der Waals surface area contributed by atoms with Crippen LogP contribution in [0.15, 0.2) is 60.7 Å². The van der Waals surface area contributed by atoms with Gasteiger partial charge in [0.2, 0.25) is 5.91 Å². The van der Waals surface area contributed by atoms with E-state index in [1.807, 2.05) is 60.7 Å². The van der Waals surface area contributed by atoms with Crippen LogP contribution in [0.5, 0.6) is 0 Å². The minimum absolute atomic E-state index is 0.108. The van der Waals surface area contributed by atoms with Crippen LogP contribution in [0.4, 0.5) is 0 Å². The van der Waals surface area contributed by atoms with E-state index in [9.17, 15) is 9.59 Å². The lowest BCUT2D eigenvalue weighted by Crippen LogP contribution is -2.28. The van der Waals surface area contributed by atoms with Crippen molar-refractivity contribution in [3.63, 3.8) is 0 Å². The SMILES string of the molecule is CC(=O)N[C@@H](CC(=O)OCc1ccccc1)c1ccccc1. The van der Waals surface area contributed by atoms with Gasteiger partial charge in [0, 0.05) is 6.92 Å². The van der Waals surface area contributed by atoms with Crippen molar-refractivity contribution in [1.82, 2.24) is 5.32 Å². The first kappa shape index (κ1) is 15.8. The molecule has 0 aromatic heterocycles. The molecule has 0 spiro atoms. The van der Waals surface area contributed by atoms with Gasteiger partial charge in [-0.3, -0.25) is 9.59 Å². The molecule has 114 valence electrons. The van der Waals surface area contributed by atoms with Gasteiger partial charge in [-0.2, -0.15) is 0 Å². The molecule has 4 heteroatoms. The van der Waals surface area contributed by atoms with Gasteiger partial charge in [0.05, 0.1) is 12.5 Å². The van der Waals surface area contributed by atoms with E-state index in [0.717, 1.165) is 11.1 Å². The molecule has 0 bridgehead atoms. The number of esters is 1. The standard InChI is InChI=1S/C18H19NO3/c1-14(20)19-17(16-10-6-3-7-11-16)12-18(21)22-13-15-8-4-2-5-9-15/h2-11,17H,12-13H2,1H3,(H,19,20)/t17-/m0/s1. The Morgan fingerprint density at radius 3 is 2.18 bits per heavy atom. The fourth-order valence-corrected chi connectivity index (χ4v) is 2.15. The van der Waals surface area contributed by atoms with Crippen LogP contribution in [0.25, 0.3) is 0 Å². The maximum Gasteiger partial charge on any atom is 0.308 e. The molecule has 1 amide bonds. The van der Waals surface area contributed by atoms with Crippen LogP contribution in [0.1, 0.15) is 30.5 Å². The normalized spacial score (nSPS) is 11.5. The lowest BCUT2D eigenvalue weighted by molar-refractivity contribution is -0.145. The first-order valence-electron chi connectivity index (χ1n) is 7.17. The topological polar surface area (TPSA) is 55.4 Å². The number of ether oxygens (including phenoxy) is 1. The highest BCUT2D eigenvalue weighted by atomic mass is 16.5. The highest BCUT2D eigenvalue weighted by molar-refractivity contribution is 5.76. The Labute approximate surface area is 130 Å². The lowest BCUT2D eigenvalue weighted by Gasteiger charge is -2.17. The number of hydrogen-bond donors (Lipinski definition) is 1. The van der Waals surface area contributed by atoms with E-state index in [2.05, 4.69) is 5.32 Å². The maximum atomic E-state index is 12.0. The molecule has 0 unspecified atom stereocenters. The molecule has 0 aliphatic heterocycles. The molecule has 0 fully saturated rings. The summed E-state index contributed by atoms with van der Waals surface area (Å²) < 4.78 is 5.27. The van der Waals surface area contributed by atoms with Gasteiger partial charge in [0.1, 0.15) is 6.61 Å². The van der Waals surface area contributed by atoms with Crippen molar-refractivity contribution in [2.75, 3.05) is 0 Å². The van der Waals surface area contributed by atoms with E-state index in [1.165, 1.54) is 6.92 Å². The summed E-state index contributed by atoms with van der Waals surface area (Å²) in [5.41, 5.74) is 1.82. The van der Waals surface area contributed by atoms with Gasteiger partial charge in [0.25, 0.3) is 0 Å². The van der Waals surface area contributed by atoms with Crippen LogP contribution < -0.4 is 5.32 Å². The third kappa shape index (κ3) is 5.05. The molecule has 2 aromatic carbocycles. The average Bonchev–Trinajstić information content (AvgIpc) is 2.54. The number of benzene rings is 2. The van der Waals surface area contributed by atoms with Crippen molar-refractivity contribution in [2.24, 2.45) is 0 Å². The predicted octanol–water partition coefficient (Wildman–Crippen LogP) is 3.00. The van der Waals surface area contributed by atoms with E-state index < -0.39 is 0 Å². The molecule has 0 aliphatic rings. The highest BCUT2D eigenvalue weighted by Gasteiger charge is 2.17. The molecule has 1 atom stereocenters. The van der Waals surface area contributed by atoms with Crippen LogP contribution in [0, 0.1) is 0 Å². The predicted molar refractivity (Wildman–Crippen MR) is 83.9 cm³/mol. The second-order valence-corrected chi connectivity index (χ2v) is 5.01. The molecule has 22 heavy (non-hydrogen) atoms. The van der Waals surface area contributed by atoms with Gasteiger partial charge in [-0.25, -0.2) is 0 Å². The van der Waals surface area contributed by atoms with Gasteiger partial charge in [0.15, 0.2) is 0 Å². The Morgan fingerprint density at radius 2 is 1.59 bits per heavy atom. The zero-order valence-corrected chi connectivity index (χ0v) is 12.5. The van der Waals surface area contributed by atoms with Crippen molar-refractivity contribution in [3.05, 3.63) is 71.8 Å². The number of carbonyl (C=O) groups is 2. The van der Waals surface area contributed by atoms with Gasteiger partial charge >= 0.3 is 5.97 Å². The van der Waals surface area contributed by atoms with Gasteiger partial charge in [-0.15, -0.1) is 0 Å².